The highest BCUT2D eigenvalue weighted by Gasteiger charge is 2.45. The number of alkyl halides is 1. The summed E-state index contributed by atoms with van der Waals surface area (Å²) in [5.74, 6) is 0.128. The van der Waals surface area contributed by atoms with Gasteiger partial charge in [0.25, 0.3) is 10.1 Å². The van der Waals surface area contributed by atoms with Crippen molar-refractivity contribution in [3.8, 4) is 0 Å². The fourth-order valence-electron chi connectivity index (χ4n) is 2.85. The van der Waals surface area contributed by atoms with E-state index in [-0.39, 0.29) is 11.2 Å². The van der Waals surface area contributed by atoms with Crippen LogP contribution >= 0.6 is 11.6 Å². The summed E-state index contributed by atoms with van der Waals surface area (Å²) in [7, 11) is -3.67. The van der Waals surface area contributed by atoms with E-state index in [9.17, 15) is 13.2 Å². The van der Waals surface area contributed by atoms with E-state index in [1.807, 2.05) is 6.92 Å². The van der Waals surface area contributed by atoms with Gasteiger partial charge in [0.05, 0.1) is 6.10 Å². The second-order valence-electron chi connectivity index (χ2n) is 5.20. The number of halogens is 1. The Hall–Kier alpha value is -0.390. The van der Waals surface area contributed by atoms with Crippen LogP contribution in [0.15, 0.2) is 11.6 Å². The van der Waals surface area contributed by atoms with Crippen molar-refractivity contribution in [2.75, 3.05) is 5.21 Å². The molecule has 0 amide bonds. The number of fused-ring (bicyclic) bond motifs is 1. The molecule has 0 spiro atoms. The molecule has 0 aromatic heterocycles. The van der Waals surface area contributed by atoms with Gasteiger partial charge in [-0.1, -0.05) is 12.5 Å². The number of hydrogen-bond donors (Lipinski definition) is 0. The second kappa shape index (κ2) is 4.94. The topological polar surface area (TPSA) is 60.4 Å². The molecule has 2 aliphatic carbocycles. The standard InChI is InChI=1S/C12H17ClO4S/c1-12-6-5-10(14)7-9(12)3-2-4-11(12)17-18(15,16)8-13/h7,11H,2-6,8H2,1H3/t11-,12-/m0/s1. The van der Waals surface area contributed by atoms with Gasteiger partial charge in [-0.15, -0.1) is 11.6 Å². The molecule has 2 aliphatic rings. The molecule has 6 heteroatoms. The third kappa shape index (κ3) is 2.63. The summed E-state index contributed by atoms with van der Waals surface area (Å²) in [6.45, 7) is 1.98. The lowest BCUT2D eigenvalue weighted by Crippen LogP contribution is -2.43. The molecule has 2 rings (SSSR count). The van der Waals surface area contributed by atoms with E-state index in [0.29, 0.717) is 19.3 Å². The summed E-state index contributed by atoms with van der Waals surface area (Å²) < 4.78 is 28.2. The van der Waals surface area contributed by atoms with E-state index in [0.717, 1.165) is 18.4 Å². The highest BCUT2D eigenvalue weighted by molar-refractivity contribution is 7.87. The van der Waals surface area contributed by atoms with E-state index in [4.69, 9.17) is 15.8 Å². The average molecular weight is 293 g/mol. The van der Waals surface area contributed by atoms with Gasteiger partial charge in [-0.25, -0.2) is 0 Å². The maximum Gasteiger partial charge on any atom is 0.281 e. The minimum absolute atomic E-state index is 0.128. The van der Waals surface area contributed by atoms with Crippen molar-refractivity contribution in [2.24, 2.45) is 5.41 Å². The Morgan fingerprint density at radius 3 is 2.89 bits per heavy atom. The van der Waals surface area contributed by atoms with Gasteiger partial charge in [-0.3, -0.25) is 8.98 Å². The Morgan fingerprint density at radius 1 is 1.50 bits per heavy atom. The highest BCUT2D eigenvalue weighted by atomic mass is 35.5. The Balaban J connectivity index is 2.27. The summed E-state index contributed by atoms with van der Waals surface area (Å²) in [4.78, 5) is 11.5. The molecule has 0 bridgehead atoms. The van der Waals surface area contributed by atoms with Crippen molar-refractivity contribution in [1.82, 2.24) is 0 Å². The average Bonchev–Trinajstić information content (AvgIpc) is 2.31. The molecule has 102 valence electrons. The van der Waals surface area contributed by atoms with Crippen LogP contribution in [0.5, 0.6) is 0 Å². The van der Waals surface area contributed by atoms with Crippen LogP contribution in [0.3, 0.4) is 0 Å². The largest absolute Gasteiger partial charge is 0.295 e. The number of carbonyl (C=O) groups is 1. The molecule has 0 heterocycles. The van der Waals surface area contributed by atoms with Gasteiger partial charge < -0.3 is 0 Å². The third-order valence-electron chi connectivity index (χ3n) is 3.98. The van der Waals surface area contributed by atoms with Crippen molar-refractivity contribution in [3.63, 3.8) is 0 Å². The van der Waals surface area contributed by atoms with Crippen LogP contribution < -0.4 is 0 Å². The van der Waals surface area contributed by atoms with Crippen LogP contribution in [0.25, 0.3) is 0 Å². The first-order valence-corrected chi connectivity index (χ1v) is 8.19. The summed E-state index contributed by atoms with van der Waals surface area (Å²) in [5, 5.41) is -0.530. The summed E-state index contributed by atoms with van der Waals surface area (Å²) in [5.41, 5.74) is 0.686. The normalized spacial score (nSPS) is 32.9. The fraction of sp³-hybridized carbons (Fsp3) is 0.750. The van der Waals surface area contributed by atoms with Crippen molar-refractivity contribution in [3.05, 3.63) is 11.6 Å². The monoisotopic (exact) mass is 292 g/mol. The minimum atomic E-state index is -3.67. The second-order valence-corrected chi connectivity index (χ2v) is 7.38. The molecule has 0 saturated heterocycles. The van der Waals surface area contributed by atoms with Crippen LogP contribution in [-0.4, -0.2) is 25.5 Å². The first-order chi connectivity index (χ1) is 8.37. The van der Waals surface area contributed by atoms with Gasteiger partial charge >= 0.3 is 0 Å². The molecule has 1 fully saturated rings. The molecular weight excluding hydrogens is 276 g/mol. The molecule has 0 aliphatic heterocycles. The number of carbonyl (C=O) groups excluding carboxylic acids is 1. The van der Waals surface area contributed by atoms with Gasteiger partial charge in [-0.05, 0) is 31.8 Å². The molecule has 0 radical (unpaired) electrons. The Labute approximate surface area is 112 Å². The van der Waals surface area contributed by atoms with Crippen LogP contribution in [0.1, 0.15) is 39.0 Å². The first-order valence-electron chi connectivity index (χ1n) is 6.08. The van der Waals surface area contributed by atoms with Crippen LogP contribution in [-0.2, 0) is 19.1 Å². The van der Waals surface area contributed by atoms with Crippen LogP contribution in [0.4, 0.5) is 0 Å². The Kier molecular flexibility index (Phi) is 3.85. The lowest BCUT2D eigenvalue weighted by atomic mass is 9.64. The molecule has 0 aromatic rings. The van der Waals surface area contributed by atoms with Crippen LogP contribution in [0.2, 0.25) is 0 Å². The minimum Gasteiger partial charge on any atom is -0.295 e. The Morgan fingerprint density at radius 2 is 2.22 bits per heavy atom. The van der Waals surface area contributed by atoms with Gasteiger partial charge in [0.2, 0.25) is 0 Å². The SMILES string of the molecule is C[C@]12CCC(=O)C=C1CCC[C@@H]2OS(=O)(=O)CCl. The van der Waals surface area contributed by atoms with E-state index >= 15 is 0 Å². The molecule has 0 N–H and O–H groups in total. The molecule has 1 saturated carbocycles. The number of rotatable bonds is 3. The maximum atomic E-state index is 11.5. The molecule has 18 heavy (non-hydrogen) atoms. The zero-order valence-electron chi connectivity index (χ0n) is 10.3. The lowest BCUT2D eigenvalue weighted by molar-refractivity contribution is -0.116. The number of hydrogen-bond acceptors (Lipinski definition) is 4. The van der Waals surface area contributed by atoms with E-state index in [1.54, 1.807) is 6.08 Å². The van der Waals surface area contributed by atoms with Gasteiger partial charge in [0.1, 0.15) is 5.21 Å². The maximum absolute atomic E-state index is 11.5. The number of allylic oxidation sites excluding steroid dienone is 1. The van der Waals surface area contributed by atoms with E-state index in [2.05, 4.69) is 0 Å². The van der Waals surface area contributed by atoms with E-state index in [1.165, 1.54) is 0 Å². The third-order valence-corrected chi connectivity index (χ3v) is 5.57. The Bertz CT molecular complexity index is 482. The van der Waals surface area contributed by atoms with Crippen molar-refractivity contribution >= 4 is 27.5 Å². The van der Waals surface area contributed by atoms with Crippen molar-refractivity contribution < 1.29 is 17.4 Å². The summed E-state index contributed by atoms with van der Waals surface area (Å²) >= 11 is 5.37. The van der Waals surface area contributed by atoms with Gasteiger partial charge in [-0.2, -0.15) is 8.42 Å². The molecular formula is C12H17ClO4S. The van der Waals surface area contributed by atoms with Gasteiger partial charge in [0.15, 0.2) is 5.78 Å². The summed E-state index contributed by atoms with van der Waals surface area (Å²) in [6, 6.07) is 0. The first kappa shape index (κ1) is 14.0. The zero-order chi connectivity index (χ0) is 13.4. The highest BCUT2D eigenvalue weighted by Crippen LogP contribution is 2.48. The smallest absolute Gasteiger partial charge is 0.281 e. The van der Waals surface area contributed by atoms with E-state index < -0.39 is 21.4 Å². The van der Waals surface area contributed by atoms with Crippen molar-refractivity contribution in [1.29, 1.82) is 0 Å². The quantitative estimate of drug-likeness (QED) is 0.592. The predicted molar refractivity (Wildman–Crippen MR) is 68.8 cm³/mol. The van der Waals surface area contributed by atoms with Crippen molar-refractivity contribution in [2.45, 2.75) is 45.1 Å². The fourth-order valence-corrected chi connectivity index (χ4v) is 3.72. The van der Waals surface area contributed by atoms with Gasteiger partial charge in [0, 0.05) is 11.8 Å². The lowest BCUT2D eigenvalue weighted by Gasteiger charge is -2.44. The van der Waals surface area contributed by atoms with Crippen LogP contribution in [0, 0.1) is 5.41 Å². The molecule has 0 unspecified atom stereocenters. The molecule has 2 atom stereocenters. The zero-order valence-corrected chi connectivity index (χ0v) is 11.9. The molecule has 0 aromatic carbocycles. The predicted octanol–water partition coefficient (Wildman–Crippen LogP) is 2.38. The number of ketones is 1. The molecule has 4 nitrogen and oxygen atoms in total. The summed E-state index contributed by atoms with van der Waals surface area (Å²) in [6.07, 6.45) is 4.78.